The van der Waals surface area contributed by atoms with Gasteiger partial charge in [0.2, 0.25) is 5.95 Å². The zero-order valence-electron chi connectivity index (χ0n) is 9.17. The third-order valence-electron chi connectivity index (χ3n) is 2.15. The van der Waals surface area contributed by atoms with E-state index in [0.717, 1.165) is 9.64 Å². The summed E-state index contributed by atoms with van der Waals surface area (Å²) in [6.45, 7) is 0. The molecule has 0 spiro atoms. The normalized spacial score (nSPS) is 11.4. The van der Waals surface area contributed by atoms with E-state index >= 15 is 0 Å². The van der Waals surface area contributed by atoms with Crippen LogP contribution in [0.2, 0.25) is 0 Å². The van der Waals surface area contributed by atoms with Crippen LogP contribution in [0.1, 0.15) is 5.56 Å². The summed E-state index contributed by atoms with van der Waals surface area (Å²) in [6, 6.07) is 3.85. The highest BCUT2D eigenvalue weighted by atomic mass is 127. The number of aromatic nitrogens is 2. The molecule has 0 radical (unpaired) electrons. The second-order valence-corrected chi connectivity index (χ2v) is 5.64. The lowest BCUT2D eigenvalue weighted by Crippen LogP contribution is -2.07. The molecule has 0 unspecified atom stereocenters. The lowest BCUT2D eigenvalue weighted by molar-refractivity contribution is -0.138. The van der Waals surface area contributed by atoms with Crippen LogP contribution in [0.5, 0.6) is 0 Å². The number of alkyl halides is 3. The Balaban J connectivity index is 2.29. The molecule has 19 heavy (non-hydrogen) atoms. The SMILES string of the molecule is FC(F)(F)c1cc(Nc2ncc(I)cn2)ccc1Br. The molecule has 1 N–H and O–H groups in total. The van der Waals surface area contributed by atoms with E-state index in [2.05, 4.69) is 31.2 Å². The van der Waals surface area contributed by atoms with Gasteiger partial charge in [-0.25, -0.2) is 9.97 Å². The largest absolute Gasteiger partial charge is 0.417 e. The highest BCUT2D eigenvalue weighted by Gasteiger charge is 2.33. The first-order valence-electron chi connectivity index (χ1n) is 4.97. The lowest BCUT2D eigenvalue weighted by atomic mass is 10.2. The van der Waals surface area contributed by atoms with Crippen molar-refractivity contribution in [3.05, 3.63) is 44.2 Å². The maximum atomic E-state index is 12.7. The van der Waals surface area contributed by atoms with E-state index in [9.17, 15) is 13.2 Å². The van der Waals surface area contributed by atoms with E-state index < -0.39 is 11.7 Å². The van der Waals surface area contributed by atoms with E-state index in [4.69, 9.17) is 0 Å². The van der Waals surface area contributed by atoms with Gasteiger partial charge in [-0.1, -0.05) is 15.9 Å². The number of benzene rings is 1. The summed E-state index contributed by atoms with van der Waals surface area (Å²) in [5.74, 6) is 0.246. The van der Waals surface area contributed by atoms with Crippen LogP contribution in [-0.2, 0) is 6.18 Å². The number of hydrogen-bond acceptors (Lipinski definition) is 3. The predicted molar refractivity (Wildman–Crippen MR) is 77.2 cm³/mol. The Kier molecular flexibility index (Phi) is 4.29. The summed E-state index contributed by atoms with van der Waals surface area (Å²) in [5.41, 5.74) is -0.472. The van der Waals surface area contributed by atoms with E-state index in [1.54, 1.807) is 12.4 Å². The molecular formula is C11H6BrF3IN3. The minimum absolute atomic E-state index is 0.00548. The van der Waals surface area contributed by atoms with Gasteiger partial charge in [-0.2, -0.15) is 13.2 Å². The number of rotatable bonds is 2. The maximum Gasteiger partial charge on any atom is 0.417 e. The first-order chi connectivity index (χ1) is 8.86. The fourth-order valence-electron chi connectivity index (χ4n) is 1.33. The molecule has 0 aliphatic rings. The summed E-state index contributed by atoms with van der Waals surface area (Å²) < 4.78 is 39.0. The van der Waals surface area contributed by atoms with Crippen LogP contribution in [0.25, 0.3) is 0 Å². The number of halogens is 5. The number of nitrogens with one attached hydrogen (secondary N) is 1. The Morgan fingerprint density at radius 2 is 1.79 bits per heavy atom. The predicted octanol–water partition coefficient (Wildman–Crippen LogP) is 4.61. The lowest BCUT2D eigenvalue weighted by Gasteiger charge is -2.11. The molecule has 0 atom stereocenters. The molecule has 100 valence electrons. The monoisotopic (exact) mass is 443 g/mol. The highest BCUT2D eigenvalue weighted by Crippen LogP contribution is 2.36. The van der Waals surface area contributed by atoms with Crippen molar-refractivity contribution < 1.29 is 13.2 Å². The van der Waals surface area contributed by atoms with Gasteiger partial charge in [-0.15, -0.1) is 0 Å². The van der Waals surface area contributed by atoms with Gasteiger partial charge in [-0.05, 0) is 40.8 Å². The topological polar surface area (TPSA) is 37.8 Å². The van der Waals surface area contributed by atoms with Crippen molar-refractivity contribution in [3.8, 4) is 0 Å². The molecule has 0 bridgehead atoms. The van der Waals surface area contributed by atoms with Crippen LogP contribution < -0.4 is 5.32 Å². The average Bonchev–Trinajstić information content (AvgIpc) is 2.33. The third kappa shape index (κ3) is 3.78. The van der Waals surface area contributed by atoms with E-state index in [1.165, 1.54) is 12.1 Å². The molecule has 0 saturated carbocycles. The number of anilines is 2. The second kappa shape index (κ2) is 5.61. The molecule has 0 amide bonds. The Hall–Kier alpha value is -0.900. The van der Waals surface area contributed by atoms with Crippen molar-refractivity contribution in [2.75, 3.05) is 5.32 Å². The Morgan fingerprint density at radius 1 is 1.16 bits per heavy atom. The Bertz CT molecular complexity index is 587. The molecular weight excluding hydrogens is 438 g/mol. The molecule has 0 aliphatic carbocycles. The zero-order valence-corrected chi connectivity index (χ0v) is 12.9. The summed E-state index contributed by atoms with van der Waals surface area (Å²) in [6.07, 6.45) is -1.28. The summed E-state index contributed by atoms with van der Waals surface area (Å²) in [4.78, 5) is 7.93. The smallest absolute Gasteiger partial charge is 0.324 e. The molecule has 2 aromatic rings. The second-order valence-electron chi connectivity index (χ2n) is 3.54. The van der Waals surface area contributed by atoms with Crippen LogP contribution >= 0.6 is 38.5 Å². The Labute approximate surface area is 128 Å². The van der Waals surface area contributed by atoms with Gasteiger partial charge in [-0.3, -0.25) is 0 Å². The van der Waals surface area contributed by atoms with Crippen LogP contribution in [0, 0.1) is 3.57 Å². The number of nitrogens with zero attached hydrogens (tertiary/aromatic N) is 2. The fourth-order valence-corrected chi connectivity index (χ4v) is 2.08. The molecule has 2 rings (SSSR count). The van der Waals surface area contributed by atoms with Gasteiger partial charge >= 0.3 is 6.18 Å². The van der Waals surface area contributed by atoms with Gasteiger partial charge in [0.15, 0.2) is 0 Å². The van der Waals surface area contributed by atoms with Crippen LogP contribution in [0.4, 0.5) is 24.8 Å². The summed E-state index contributed by atoms with van der Waals surface area (Å²) >= 11 is 4.92. The van der Waals surface area contributed by atoms with Crippen molar-refractivity contribution in [1.82, 2.24) is 9.97 Å². The molecule has 0 saturated heterocycles. The molecule has 1 aromatic heterocycles. The van der Waals surface area contributed by atoms with Crippen molar-refractivity contribution >= 4 is 50.2 Å². The van der Waals surface area contributed by atoms with E-state index in [0.29, 0.717) is 0 Å². The highest BCUT2D eigenvalue weighted by molar-refractivity contribution is 14.1. The van der Waals surface area contributed by atoms with Crippen LogP contribution in [0.15, 0.2) is 35.1 Å². The first kappa shape index (κ1) is 14.5. The fraction of sp³-hybridized carbons (Fsp3) is 0.0909. The van der Waals surface area contributed by atoms with Crippen LogP contribution in [0.3, 0.4) is 0 Å². The molecule has 8 heteroatoms. The minimum atomic E-state index is -4.41. The van der Waals surface area contributed by atoms with E-state index in [1.807, 2.05) is 22.6 Å². The molecule has 0 fully saturated rings. The molecule has 1 aromatic carbocycles. The quantitative estimate of drug-likeness (QED) is 0.689. The number of hydrogen-bond donors (Lipinski definition) is 1. The molecule has 1 heterocycles. The van der Waals surface area contributed by atoms with Crippen molar-refractivity contribution in [2.24, 2.45) is 0 Å². The summed E-state index contributed by atoms with van der Waals surface area (Å²) in [7, 11) is 0. The van der Waals surface area contributed by atoms with Gasteiger partial charge in [0.05, 0.1) is 5.56 Å². The van der Waals surface area contributed by atoms with Crippen molar-refractivity contribution in [2.45, 2.75) is 6.18 Å². The van der Waals surface area contributed by atoms with Crippen LogP contribution in [-0.4, -0.2) is 9.97 Å². The van der Waals surface area contributed by atoms with Crippen molar-refractivity contribution in [1.29, 1.82) is 0 Å². The van der Waals surface area contributed by atoms with E-state index in [-0.39, 0.29) is 16.1 Å². The molecule has 0 aliphatic heterocycles. The summed E-state index contributed by atoms with van der Waals surface area (Å²) in [5, 5.41) is 2.72. The molecule has 3 nitrogen and oxygen atoms in total. The zero-order chi connectivity index (χ0) is 14.0. The minimum Gasteiger partial charge on any atom is -0.324 e. The first-order valence-corrected chi connectivity index (χ1v) is 6.85. The maximum absolute atomic E-state index is 12.7. The van der Waals surface area contributed by atoms with Crippen molar-refractivity contribution in [3.63, 3.8) is 0 Å². The standard InChI is InChI=1S/C11H6BrF3IN3/c12-9-2-1-7(3-8(9)11(13,14)15)19-10-17-4-6(16)5-18-10/h1-5H,(H,17,18,19). The van der Waals surface area contributed by atoms with Gasteiger partial charge in [0.1, 0.15) is 0 Å². The van der Waals surface area contributed by atoms with Gasteiger partial charge in [0, 0.05) is 26.1 Å². The van der Waals surface area contributed by atoms with Gasteiger partial charge < -0.3 is 5.32 Å². The average molecular weight is 444 g/mol. The van der Waals surface area contributed by atoms with Gasteiger partial charge in [0.25, 0.3) is 0 Å². The third-order valence-corrected chi connectivity index (χ3v) is 3.40. The Morgan fingerprint density at radius 3 is 2.37 bits per heavy atom.